The van der Waals surface area contributed by atoms with E-state index in [1.165, 1.54) is 12.0 Å². The van der Waals surface area contributed by atoms with Gasteiger partial charge in [0.25, 0.3) is 0 Å². The van der Waals surface area contributed by atoms with Crippen molar-refractivity contribution in [2.75, 3.05) is 13.7 Å². The van der Waals surface area contributed by atoms with Gasteiger partial charge in [-0.1, -0.05) is 6.92 Å². The van der Waals surface area contributed by atoms with Crippen molar-refractivity contribution in [2.45, 2.75) is 38.3 Å². The molecule has 1 heterocycles. The van der Waals surface area contributed by atoms with Crippen LogP contribution in [0, 0.1) is 0 Å². The predicted octanol–water partition coefficient (Wildman–Crippen LogP) is -0.0787. The van der Waals surface area contributed by atoms with Gasteiger partial charge in [0.15, 0.2) is 0 Å². The third-order valence-electron chi connectivity index (χ3n) is 2.68. The van der Waals surface area contributed by atoms with Crippen LogP contribution in [-0.2, 0) is 14.3 Å². The number of hydrogen-bond donors (Lipinski definition) is 1. The van der Waals surface area contributed by atoms with Gasteiger partial charge in [-0.2, -0.15) is 0 Å². The fourth-order valence-corrected chi connectivity index (χ4v) is 1.70. The molecule has 0 aromatic rings. The largest absolute Gasteiger partial charge is 0.467 e. The van der Waals surface area contributed by atoms with Gasteiger partial charge >= 0.3 is 5.97 Å². The number of likely N-dealkylation sites (tertiary alicyclic amines) is 1. The van der Waals surface area contributed by atoms with Crippen LogP contribution in [0.4, 0.5) is 0 Å². The summed E-state index contributed by atoms with van der Waals surface area (Å²) in [5, 5.41) is 9.46. The minimum absolute atomic E-state index is 0.0853. The van der Waals surface area contributed by atoms with Crippen LogP contribution in [0.1, 0.15) is 26.2 Å². The number of amides is 1. The maximum atomic E-state index is 11.5. The van der Waals surface area contributed by atoms with E-state index in [4.69, 9.17) is 0 Å². The van der Waals surface area contributed by atoms with Gasteiger partial charge in [-0.25, -0.2) is 4.79 Å². The maximum Gasteiger partial charge on any atom is 0.328 e. The van der Waals surface area contributed by atoms with Crippen molar-refractivity contribution < 1.29 is 19.4 Å². The number of carbonyl (C=O) groups excluding carboxylic acids is 2. The van der Waals surface area contributed by atoms with Crippen molar-refractivity contribution in [2.24, 2.45) is 0 Å². The molecular weight excluding hydrogens is 198 g/mol. The summed E-state index contributed by atoms with van der Waals surface area (Å²) in [5.74, 6) is -0.484. The first kappa shape index (κ1) is 12.0. The van der Waals surface area contributed by atoms with E-state index in [1.807, 2.05) is 6.92 Å². The molecule has 0 aromatic carbocycles. The van der Waals surface area contributed by atoms with Gasteiger partial charge in [-0.15, -0.1) is 0 Å². The standard InChI is InChI=1S/C10H17NO4/c1-3-7(12)6-11-8(10(14)15-2)4-5-9(11)13/h7-8,12H,3-6H2,1-2H3/t7?,8-/m0/s1. The van der Waals surface area contributed by atoms with Crippen LogP contribution in [0.5, 0.6) is 0 Å². The highest BCUT2D eigenvalue weighted by Crippen LogP contribution is 2.20. The average molecular weight is 215 g/mol. The summed E-state index contributed by atoms with van der Waals surface area (Å²) in [4.78, 5) is 24.2. The maximum absolute atomic E-state index is 11.5. The number of nitrogens with zero attached hydrogens (tertiary/aromatic N) is 1. The lowest BCUT2D eigenvalue weighted by molar-refractivity contribution is -0.150. The molecule has 0 bridgehead atoms. The summed E-state index contributed by atoms with van der Waals surface area (Å²) in [5.41, 5.74) is 0. The second-order valence-electron chi connectivity index (χ2n) is 3.69. The van der Waals surface area contributed by atoms with E-state index in [2.05, 4.69) is 4.74 Å². The number of methoxy groups -OCH3 is 1. The van der Waals surface area contributed by atoms with Crippen molar-refractivity contribution in [1.82, 2.24) is 4.90 Å². The minimum atomic E-state index is -0.570. The number of esters is 1. The molecule has 1 amide bonds. The monoisotopic (exact) mass is 215 g/mol. The second-order valence-corrected chi connectivity index (χ2v) is 3.69. The minimum Gasteiger partial charge on any atom is -0.467 e. The number of ether oxygens (including phenoxy) is 1. The molecule has 0 saturated carbocycles. The number of hydrogen-bond acceptors (Lipinski definition) is 4. The van der Waals surface area contributed by atoms with Gasteiger partial charge in [0.2, 0.25) is 5.91 Å². The Morgan fingerprint density at radius 1 is 1.73 bits per heavy atom. The van der Waals surface area contributed by atoms with Crippen LogP contribution in [0.15, 0.2) is 0 Å². The molecule has 1 aliphatic heterocycles. The van der Waals surface area contributed by atoms with Crippen molar-refractivity contribution in [3.05, 3.63) is 0 Å². The SMILES string of the molecule is CCC(O)CN1C(=O)CC[C@H]1C(=O)OC. The molecule has 0 aromatic heterocycles. The van der Waals surface area contributed by atoms with Crippen molar-refractivity contribution in [1.29, 1.82) is 0 Å². The zero-order valence-corrected chi connectivity index (χ0v) is 9.10. The van der Waals surface area contributed by atoms with Gasteiger partial charge in [0.1, 0.15) is 6.04 Å². The Kier molecular flexibility index (Phi) is 4.08. The lowest BCUT2D eigenvalue weighted by atomic mass is 10.2. The molecule has 1 N–H and O–H groups in total. The quantitative estimate of drug-likeness (QED) is 0.666. The molecule has 5 heteroatoms. The van der Waals surface area contributed by atoms with E-state index >= 15 is 0 Å². The van der Waals surface area contributed by atoms with E-state index in [0.29, 0.717) is 19.3 Å². The predicted molar refractivity (Wildman–Crippen MR) is 53.0 cm³/mol. The van der Waals surface area contributed by atoms with Crippen LogP contribution in [0.2, 0.25) is 0 Å². The Balaban J connectivity index is 2.64. The van der Waals surface area contributed by atoms with Crippen LogP contribution in [0.3, 0.4) is 0 Å². The Hall–Kier alpha value is -1.10. The average Bonchev–Trinajstić information content (AvgIpc) is 2.59. The molecule has 2 atom stereocenters. The summed E-state index contributed by atoms with van der Waals surface area (Å²) in [7, 11) is 1.31. The second kappa shape index (κ2) is 5.11. The van der Waals surface area contributed by atoms with Crippen molar-refractivity contribution in [3.63, 3.8) is 0 Å². The van der Waals surface area contributed by atoms with E-state index in [0.717, 1.165) is 0 Å². The molecule has 1 fully saturated rings. The molecule has 0 radical (unpaired) electrons. The Bertz CT molecular complexity index is 254. The molecule has 1 saturated heterocycles. The molecular formula is C10H17NO4. The van der Waals surface area contributed by atoms with Crippen molar-refractivity contribution in [3.8, 4) is 0 Å². The highest BCUT2D eigenvalue weighted by Gasteiger charge is 2.37. The number of rotatable bonds is 4. The summed E-state index contributed by atoms with van der Waals surface area (Å²) in [6.45, 7) is 2.05. The lowest BCUT2D eigenvalue weighted by Gasteiger charge is -2.24. The highest BCUT2D eigenvalue weighted by atomic mass is 16.5. The molecule has 5 nitrogen and oxygen atoms in total. The Morgan fingerprint density at radius 2 is 2.40 bits per heavy atom. The van der Waals surface area contributed by atoms with E-state index < -0.39 is 18.1 Å². The summed E-state index contributed by atoms with van der Waals surface area (Å²) in [6.07, 6.45) is 0.842. The molecule has 0 spiro atoms. The number of aliphatic hydroxyl groups excluding tert-OH is 1. The molecule has 15 heavy (non-hydrogen) atoms. The van der Waals surface area contributed by atoms with Crippen molar-refractivity contribution >= 4 is 11.9 Å². The topological polar surface area (TPSA) is 66.8 Å². The lowest BCUT2D eigenvalue weighted by Crippen LogP contribution is -2.43. The third-order valence-corrected chi connectivity index (χ3v) is 2.68. The van der Waals surface area contributed by atoms with Gasteiger partial charge in [-0.05, 0) is 12.8 Å². The normalized spacial score (nSPS) is 23.0. The number of β-amino-alcohol motifs (C(OH)–C–C–N with tert-alkyl or cyclic N) is 1. The van der Waals surface area contributed by atoms with Gasteiger partial charge in [0.05, 0.1) is 13.2 Å². The molecule has 1 rings (SSSR count). The first-order chi connectivity index (χ1) is 7.10. The zero-order chi connectivity index (χ0) is 11.4. The fourth-order valence-electron chi connectivity index (χ4n) is 1.70. The van der Waals surface area contributed by atoms with Crippen LogP contribution >= 0.6 is 0 Å². The summed E-state index contributed by atoms with van der Waals surface area (Å²) < 4.78 is 4.61. The Morgan fingerprint density at radius 3 is 2.93 bits per heavy atom. The van der Waals surface area contributed by atoms with Gasteiger partial charge in [-0.3, -0.25) is 4.79 Å². The summed E-state index contributed by atoms with van der Waals surface area (Å²) >= 11 is 0. The van der Waals surface area contributed by atoms with Gasteiger partial charge in [0, 0.05) is 13.0 Å². The molecule has 0 aliphatic carbocycles. The summed E-state index contributed by atoms with van der Waals surface area (Å²) in [6, 6.07) is -0.510. The fraction of sp³-hybridized carbons (Fsp3) is 0.800. The molecule has 86 valence electrons. The van der Waals surface area contributed by atoms with Gasteiger partial charge < -0.3 is 14.7 Å². The number of aliphatic hydroxyl groups is 1. The van der Waals surface area contributed by atoms with Crippen LogP contribution in [-0.4, -0.2) is 47.7 Å². The zero-order valence-electron chi connectivity index (χ0n) is 9.10. The van der Waals surface area contributed by atoms with Crippen LogP contribution < -0.4 is 0 Å². The van der Waals surface area contributed by atoms with E-state index in [1.54, 1.807) is 0 Å². The Labute approximate surface area is 89.0 Å². The van der Waals surface area contributed by atoms with E-state index in [-0.39, 0.29) is 12.5 Å². The third kappa shape index (κ3) is 2.68. The van der Waals surface area contributed by atoms with Crippen LogP contribution in [0.25, 0.3) is 0 Å². The van der Waals surface area contributed by atoms with E-state index in [9.17, 15) is 14.7 Å². The first-order valence-corrected chi connectivity index (χ1v) is 5.15. The highest BCUT2D eigenvalue weighted by molar-refractivity contribution is 5.88. The molecule has 1 unspecified atom stereocenters. The molecule has 1 aliphatic rings. The number of carbonyl (C=O) groups is 2. The smallest absolute Gasteiger partial charge is 0.328 e. The first-order valence-electron chi connectivity index (χ1n) is 5.15.